The van der Waals surface area contributed by atoms with Crippen LogP contribution in [0.15, 0.2) is 40.9 Å². The number of fused-ring (bicyclic) bond motifs is 1. The normalized spacial score (nSPS) is 11.6. The molecule has 0 aliphatic carbocycles. The van der Waals surface area contributed by atoms with E-state index in [0.29, 0.717) is 20.1 Å². The number of rotatable bonds is 2. The van der Waals surface area contributed by atoms with Gasteiger partial charge in [-0.2, -0.15) is 5.26 Å². The molecule has 2 aromatic carbocycles. The minimum Gasteiger partial charge on any atom is -0.507 e. The van der Waals surface area contributed by atoms with Crippen LogP contribution >= 0.6 is 38.9 Å². The van der Waals surface area contributed by atoms with E-state index in [9.17, 15) is 10.4 Å². The van der Waals surface area contributed by atoms with Crippen molar-refractivity contribution in [3.05, 3.63) is 56.5 Å². The van der Waals surface area contributed by atoms with E-state index < -0.39 is 0 Å². The van der Waals surface area contributed by atoms with Gasteiger partial charge in [-0.3, -0.25) is 0 Å². The highest BCUT2D eigenvalue weighted by molar-refractivity contribution is 9.10. The maximum absolute atomic E-state index is 9.52. The van der Waals surface area contributed by atoms with Crippen LogP contribution in [0.1, 0.15) is 10.6 Å². The van der Waals surface area contributed by atoms with E-state index in [0.717, 1.165) is 15.8 Å². The standard InChI is InChI=1S/C16H8BrClN2OS/c17-12-6-9(1-3-14(12)21)5-10(8-19)16-20-13-7-11(18)2-4-15(13)22-16/h1-7,21H. The molecule has 0 atom stereocenters. The lowest BCUT2D eigenvalue weighted by Crippen LogP contribution is -1.81. The van der Waals surface area contributed by atoms with Gasteiger partial charge in [0, 0.05) is 5.02 Å². The van der Waals surface area contributed by atoms with Crippen molar-refractivity contribution < 1.29 is 5.11 Å². The van der Waals surface area contributed by atoms with E-state index >= 15 is 0 Å². The number of hydrogen-bond donors (Lipinski definition) is 1. The Hall–Kier alpha value is -1.87. The van der Waals surface area contributed by atoms with Crippen molar-refractivity contribution in [3.63, 3.8) is 0 Å². The number of benzene rings is 2. The average Bonchev–Trinajstić information content (AvgIpc) is 2.91. The fraction of sp³-hybridized carbons (Fsp3) is 0. The van der Waals surface area contributed by atoms with Crippen molar-refractivity contribution in [1.29, 1.82) is 5.26 Å². The van der Waals surface area contributed by atoms with E-state index in [1.165, 1.54) is 11.3 Å². The molecule has 0 fully saturated rings. The minimum absolute atomic E-state index is 0.158. The van der Waals surface area contributed by atoms with Gasteiger partial charge in [0.05, 0.1) is 20.3 Å². The maximum atomic E-state index is 9.52. The molecule has 6 heteroatoms. The summed E-state index contributed by atoms with van der Waals surface area (Å²) in [4.78, 5) is 4.46. The SMILES string of the molecule is N#CC(=Cc1ccc(O)c(Br)c1)c1nc2cc(Cl)ccc2s1. The van der Waals surface area contributed by atoms with Crippen molar-refractivity contribution in [1.82, 2.24) is 4.98 Å². The Morgan fingerprint density at radius 1 is 1.32 bits per heavy atom. The highest BCUT2D eigenvalue weighted by atomic mass is 79.9. The maximum Gasteiger partial charge on any atom is 0.135 e. The van der Waals surface area contributed by atoms with Crippen LogP contribution in [0.2, 0.25) is 5.02 Å². The Bertz CT molecular complexity index is 943. The second-order valence-electron chi connectivity index (χ2n) is 4.51. The van der Waals surface area contributed by atoms with E-state index in [4.69, 9.17) is 11.6 Å². The minimum atomic E-state index is 0.158. The number of halogens is 2. The summed E-state index contributed by atoms with van der Waals surface area (Å²) in [6.45, 7) is 0. The molecule has 1 aromatic heterocycles. The predicted molar refractivity (Wildman–Crippen MR) is 93.9 cm³/mol. The van der Waals surface area contributed by atoms with Gasteiger partial charge in [-0.25, -0.2) is 4.98 Å². The summed E-state index contributed by atoms with van der Waals surface area (Å²) in [6, 6.07) is 12.7. The van der Waals surface area contributed by atoms with Crippen molar-refractivity contribution in [3.8, 4) is 11.8 Å². The molecule has 3 rings (SSSR count). The Morgan fingerprint density at radius 2 is 2.14 bits per heavy atom. The molecule has 0 bridgehead atoms. The third-order valence-corrected chi connectivity index (χ3v) is 4.92. The fourth-order valence-corrected chi connectivity index (χ4v) is 3.41. The van der Waals surface area contributed by atoms with Gasteiger partial charge in [-0.15, -0.1) is 11.3 Å². The quantitative estimate of drug-likeness (QED) is 0.588. The Balaban J connectivity index is 2.07. The molecule has 22 heavy (non-hydrogen) atoms. The number of aromatic hydroxyl groups is 1. The first-order valence-corrected chi connectivity index (χ1v) is 8.22. The molecule has 3 aromatic rings. The number of nitrogens with zero attached hydrogens (tertiary/aromatic N) is 2. The third-order valence-electron chi connectivity index (χ3n) is 2.98. The van der Waals surface area contributed by atoms with Crippen LogP contribution in [0.3, 0.4) is 0 Å². The zero-order valence-electron chi connectivity index (χ0n) is 11.0. The van der Waals surface area contributed by atoms with E-state index in [1.807, 2.05) is 6.07 Å². The molecule has 0 saturated heterocycles. The van der Waals surface area contributed by atoms with Gasteiger partial charge in [0.2, 0.25) is 0 Å². The lowest BCUT2D eigenvalue weighted by atomic mass is 10.1. The van der Waals surface area contributed by atoms with Gasteiger partial charge < -0.3 is 5.11 Å². The van der Waals surface area contributed by atoms with Gasteiger partial charge in [0.15, 0.2) is 0 Å². The number of allylic oxidation sites excluding steroid dienone is 1. The molecule has 0 radical (unpaired) electrons. The molecule has 0 unspecified atom stereocenters. The number of aromatic nitrogens is 1. The van der Waals surface area contributed by atoms with Crippen molar-refractivity contribution >= 4 is 60.7 Å². The number of phenolic OH excluding ortho intramolecular Hbond substituents is 1. The molecule has 1 heterocycles. The molecule has 0 spiro atoms. The monoisotopic (exact) mass is 390 g/mol. The van der Waals surface area contributed by atoms with Crippen molar-refractivity contribution in [2.24, 2.45) is 0 Å². The van der Waals surface area contributed by atoms with Crippen LogP contribution in [-0.2, 0) is 0 Å². The Kier molecular flexibility index (Phi) is 4.16. The topological polar surface area (TPSA) is 56.9 Å². The molecule has 0 aliphatic heterocycles. The summed E-state index contributed by atoms with van der Waals surface area (Å²) in [6.07, 6.45) is 1.74. The first-order valence-electron chi connectivity index (χ1n) is 6.23. The molecular weight excluding hydrogens is 384 g/mol. The smallest absolute Gasteiger partial charge is 0.135 e. The van der Waals surface area contributed by atoms with E-state index in [1.54, 1.807) is 36.4 Å². The zero-order valence-corrected chi connectivity index (χ0v) is 14.2. The molecule has 0 saturated carbocycles. The fourth-order valence-electron chi connectivity index (χ4n) is 1.94. The zero-order chi connectivity index (χ0) is 15.7. The van der Waals surface area contributed by atoms with Gasteiger partial charge in [-0.05, 0) is 57.9 Å². The number of phenols is 1. The van der Waals surface area contributed by atoms with Crippen molar-refractivity contribution in [2.75, 3.05) is 0 Å². The average molecular weight is 392 g/mol. The Labute approximate surface area is 144 Å². The molecule has 3 nitrogen and oxygen atoms in total. The first-order chi connectivity index (χ1) is 10.6. The second-order valence-corrected chi connectivity index (χ2v) is 6.83. The lowest BCUT2D eigenvalue weighted by molar-refractivity contribution is 0.472. The molecule has 0 amide bonds. The van der Waals surface area contributed by atoms with Crippen molar-refractivity contribution in [2.45, 2.75) is 0 Å². The van der Waals surface area contributed by atoms with Gasteiger partial charge in [0.1, 0.15) is 16.8 Å². The van der Waals surface area contributed by atoms with Crippen LogP contribution in [0.25, 0.3) is 21.9 Å². The summed E-state index contributed by atoms with van der Waals surface area (Å²) < 4.78 is 1.56. The number of hydrogen-bond acceptors (Lipinski definition) is 4. The predicted octanol–water partition coefficient (Wildman–Crippen LogP) is 5.48. The molecule has 0 aliphatic rings. The summed E-state index contributed by atoms with van der Waals surface area (Å²) in [5, 5.41) is 20.2. The molecule has 1 N–H and O–H groups in total. The number of nitriles is 1. The summed E-state index contributed by atoms with van der Waals surface area (Å²) in [5.41, 5.74) is 2.05. The highest BCUT2D eigenvalue weighted by Crippen LogP contribution is 2.31. The first kappa shape index (κ1) is 15.0. The molecular formula is C16H8BrClN2OS. The Morgan fingerprint density at radius 3 is 2.86 bits per heavy atom. The highest BCUT2D eigenvalue weighted by Gasteiger charge is 2.09. The largest absolute Gasteiger partial charge is 0.507 e. The van der Waals surface area contributed by atoms with E-state index in [2.05, 4.69) is 27.0 Å². The third kappa shape index (κ3) is 3.00. The van der Waals surface area contributed by atoms with Gasteiger partial charge in [-0.1, -0.05) is 17.7 Å². The van der Waals surface area contributed by atoms with Crippen LogP contribution in [0.4, 0.5) is 0 Å². The van der Waals surface area contributed by atoms with Crippen LogP contribution in [-0.4, -0.2) is 10.1 Å². The van der Waals surface area contributed by atoms with Crippen LogP contribution < -0.4 is 0 Å². The van der Waals surface area contributed by atoms with Gasteiger partial charge >= 0.3 is 0 Å². The molecule has 108 valence electrons. The second kappa shape index (κ2) is 6.09. The summed E-state index contributed by atoms with van der Waals surface area (Å²) in [7, 11) is 0. The van der Waals surface area contributed by atoms with Gasteiger partial charge in [0.25, 0.3) is 0 Å². The van der Waals surface area contributed by atoms with Crippen LogP contribution in [0, 0.1) is 11.3 Å². The van der Waals surface area contributed by atoms with E-state index in [-0.39, 0.29) is 5.75 Å². The summed E-state index contributed by atoms with van der Waals surface area (Å²) >= 11 is 10.7. The number of thiazole rings is 1. The van der Waals surface area contributed by atoms with Crippen LogP contribution in [0.5, 0.6) is 5.75 Å². The summed E-state index contributed by atoms with van der Waals surface area (Å²) in [5.74, 6) is 0.158. The lowest BCUT2D eigenvalue weighted by Gasteiger charge is -1.99.